The maximum absolute atomic E-state index is 12.8. The first-order valence-electron chi connectivity index (χ1n) is 7.60. The fourth-order valence-electron chi connectivity index (χ4n) is 2.69. The molecule has 2 heterocycles. The largest absolute Gasteiger partial charge is 0.378 e. The highest BCUT2D eigenvalue weighted by atomic mass is 79.9. The standard InChI is InChI=1S/C18H19BrN4O/c1-11-9-13(19)10-23-16(12(2)20-17(11)23)18(24)21-14-5-7-15(8-6-14)22(3)4/h5-10H,1-4H3,(H,21,24). The molecule has 1 amide bonds. The van der Waals surface area contributed by atoms with E-state index >= 15 is 0 Å². The maximum Gasteiger partial charge on any atom is 0.274 e. The molecule has 1 aromatic carbocycles. The predicted molar refractivity (Wildman–Crippen MR) is 101 cm³/mol. The van der Waals surface area contributed by atoms with Crippen LogP contribution in [0.4, 0.5) is 11.4 Å². The number of anilines is 2. The van der Waals surface area contributed by atoms with Crippen molar-refractivity contribution in [2.45, 2.75) is 13.8 Å². The molecule has 0 radical (unpaired) electrons. The Kier molecular flexibility index (Phi) is 4.32. The summed E-state index contributed by atoms with van der Waals surface area (Å²) in [5, 5.41) is 2.95. The van der Waals surface area contributed by atoms with Gasteiger partial charge in [0.05, 0.1) is 5.69 Å². The number of amides is 1. The Morgan fingerprint density at radius 2 is 1.88 bits per heavy atom. The Bertz CT molecular complexity index is 913. The fraction of sp³-hybridized carbons (Fsp3) is 0.222. The monoisotopic (exact) mass is 386 g/mol. The van der Waals surface area contributed by atoms with Gasteiger partial charge in [0.15, 0.2) is 0 Å². The summed E-state index contributed by atoms with van der Waals surface area (Å²) < 4.78 is 2.74. The van der Waals surface area contributed by atoms with Crippen molar-refractivity contribution in [2.24, 2.45) is 0 Å². The molecule has 5 nitrogen and oxygen atoms in total. The molecule has 1 N–H and O–H groups in total. The summed E-state index contributed by atoms with van der Waals surface area (Å²) in [7, 11) is 3.96. The van der Waals surface area contributed by atoms with Crippen LogP contribution in [0.5, 0.6) is 0 Å². The summed E-state index contributed by atoms with van der Waals surface area (Å²) in [5.74, 6) is -0.171. The molecule has 2 aromatic heterocycles. The van der Waals surface area contributed by atoms with Crippen molar-refractivity contribution in [1.29, 1.82) is 0 Å². The maximum atomic E-state index is 12.8. The van der Waals surface area contributed by atoms with Gasteiger partial charge in [-0.1, -0.05) is 0 Å². The second-order valence-electron chi connectivity index (χ2n) is 5.98. The highest BCUT2D eigenvalue weighted by Crippen LogP contribution is 2.22. The lowest BCUT2D eigenvalue weighted by atomic mass is 10.2. The summed E-state index contributed by atoms with van der Waals surface area (Å²) in [6.07, 6.45) is 1.87. The molecule has 0 bridgehead atoms. The molecule has 124 valence electrons. The van der Waals surface area contributed by atoms with Crippen LogP contribution in [0.1, 0.15) is 21.7 Å². The van der Waals surface area contributed by atoms with Crippen molar-refractivity contribution in [3.05, 3.63) is 58.0 Å². The van der Waals surface area contributed by atoms with E-state index < -0.39 is 0 Å². The number of nitrogens with zero attached hydrogens (tertiary/aromatic N) is 3. The SMILES string of the molecule is Cc1nc2c(C)cc(Br)cn2c1C(=O)Nc1ccc(N(C)C)cc1. The number of rotatable bonds is 3. The van der Waals surface area contributed by atoms with Crippen LogP contribution in [0.2, 0.25) is 0 Å². The van der Waals surface area contributed by atoms with Crippen LogP contribution in [0.25, 0.3) is 5.65 Å². The zero-order valence-electron chi connectivity index (χ0n) is 14.1. The molecule has 0 saturated heterocycles. The molecule has 0 spiro atoms. The van der Waals surface area contributed by atoms with E-state index in [1.54, 1.807) is 0 Å². The Balaban J connectivity index is 1.95. The van der Waals surface area contributed by atoms with Crippen LogP contribution in [-0.2, 0) is 0 Å². The minimum Gasteiger partial charge on any atom is -0.378 e. The number of benzene rings is 1. The lowest BCUT2D eigenvalue weighted by Crippen LogP contribution is -2.16. The van der Waals surface area contributed by atoms with Gasteiger partial charge in [-0.2, -0.15) is 0 Å². The number of aryl methyl sites for hydroxylation is 2. The van der Waals surface area contributed by atoms with Crippen LogP contribution in [-0.4, -0.2) is 29.4 Å². The van der Waals surface area contributed by atoms with E-state index in [0.717, 1.165) is 27.1 Å². The average Bonchev–Trinajstić information content (AvgIpc) is 2.84. The number of carbonyl (C=O) groups is 1. The van der Waals surface area contributed by atoms with Gasteiger partial charge in [0.25, 0.3) is 5.91 Å². The Morgan fingerprint density at radius 3 is 2.50 bits per heavy atom. The smallest absolute Gasteiger partial charge is 0.274 e. The summed E-state index contributed by atoms with van der Waals surface area (Å²) in [6.45, 7) is 3.83. The van der Waals surface area contributed by atoms with E-state index in [4.69, 9.17) is 0 Å². The average molecular weight is 387 g/mol. The van der Waals surface area contributed by atoms with Gasteiger partial charge >= 0.3 is 0 Å². The minimum atomic E-state index is -0.171. The molecule has 6 heteroatoms. The summed E-state index contributed by atoms with van der Waals surface area (Å²) in [6, 6.07) is 9.72. The molecule has 0 aliphatic rings. The number of hydrogen-bond donors (Lipinski definition) is 1. The molecule has 3 aromatic rings. The number of carbonyl (C=O) groups excluding carboxylic acids is 1. The van der Waals surface area contributed by atoms with Gasteiger partial charge in [-0.15, -0.1) is 0 Å². The van der Waals surface area contributed by atoms with Crippen molar-refractivity contribution >= 4 is 38.9 Å². The van der Waals surface area contributed by atoms with Crippen LogP contribution in [0.15, 0.2) is 41.0 Å². The number of halogens is 1. The summed E-state index contributed by atoms with van der Waals surface area (Å²) >= 11 is 3.48. The van der Waals surface area contributed by atoms with Crippen molar-refractivity contribution in [2.75, 3.05) is 24.3 Å². The number of imidazole rings is 1. The van der Waals surface area contributed by atoms with E-state index in [1.165, 1.54) is 0 Å². The molecule has 0 unspecified atom stereocenters. The molecular weight excluding hydrogens is 368 g/mol. The van der Waals surface area contributed by atoms with Gasteiger partial charge in [0.2, 0.25) is 0 Å². The van der Waals surface area contributed by atoms with Crippen molar-refractivity contribution in [3.63, 3.8) is 0 Å². The molecule has 24 heavy (non-hydrogen) atoms. The number of hydrogen-bond acceptors (Lipinski definition) is 3. The van der Waals surface area contributed by atoms with Crippen molar-refractivity contribution in [1.82, 2.24) is 9.38 Å². The van der Waals surface area contributed by atoms with Crippen LogP contribution >= 0.6 is 15.9 Å². The lowest BCUT2D eigenvalue weighted by Gasteiger charge is -2.13. The predicted octanol–water partition coefficient (Wildman–Crippen LogP) is 4.03. The van der Waals surface area contributed by atoms with Gasteiger partial charge in [-0.25, -0.2) is 4.98 Å². The van der Waals surface area contributed by atoms with Crippen LogP contribution in [0.3, 0.4) is 0 Å². The first-order valence-corrected chi connectivity index (χ1v) is 8.39. The molecule has 0 aliphatic carbocycles. The topological polar surface area (TPSA) is 49.6 Å². The van der Waals surface area contributed by atoms with Gasteiger partial charge in [-0.05, 0) is 65.7 Å². The normalized spacial score (nSPS) is 10.9. The quantitative estimate of drug-likeness (QED) is 0.738. The first-order chi connectivity index (χ1) is 11.4. The van der Waals surface area contributed by atoms with E-state index in [1.807, 2.05) is 73.8 Å². The van der Waals surface area contributed by atoms with E-state index in [2.05, 4.69) is 26.2 Å². The van der Waals surface area contributed by atoms with Gasteiger partial charge in [-0.3, -0.25) is 9.20 Å². The Hall–Kier alpha value is -2.34. The van der Waals surface area contributed by atoms with Gasteiger partial charge in [0.1, 0.15) is 11.3 Å². The number of nitrogens with one attached hydrogen (secondary N) is 1. The van der Waals surface area contributed by atoms with Crippen molar-refractivity contribution < 1.29 is 4.79 Å². The van der Waals surface area contributed by atoms with E-state index in [9.17, 15) is 4.79 Å². The molecular formula is C18H19BrN4O. The Labute approximate surface area is 149 Å². The van der Waals surface area contributed by atoms with Crippen LogP contribution < -0.4 is 10.2 Å². The van der Waals surface area contributed by atoms with Gasteiger partial charge in [0, 0.05) is 36.1 Å². The summed E-state index contributed by atoms with van der Waals surface area (Å²) in [4.78, 5) is 19.3. The lowest BCUT2D eigenvalue weighted by molar-refractivity contribution is 0.102. The zero-order valence-corrected chi connectivity index (χ0v) is 15.7. The second-order valence-corrected chi connectivity index (χ2v) is 6.89. The molecule has 3 rings (SSSR count). The summed E-state index contributed by atoms with van der Waals surface area (Å²) in [5.41, 5.74) is 4.90. The second kappa shape index (κ2) is 6.28. The first kappa shape index (κ1) is 16.5. The fourth-order valence-corrected chi connectivity index (χ4v) is 3.24. The highest BCUT2D eigenvalue weighted by molar-refractivity contribution is 9.10. The molecule has 0 atom stereocenters. The van der Waals surface area contributed by atoms with E-state index in [0.29, 0.717) is 11.4 Å². The molecule has 0 fully saturated rings. The molecule has 0 saturated carbocycles. The van der Waals surface area contributed by atoms with Gasteiger partial charge < -0.3 is 10.2 Å². The zero-order chi connectivity index (χ0) is 17.4. The number of pyridine rings is 1. The number of fused-ring (bicyclic) bond motifs is 1. The minimum absolute atomic E-state index is 0.171. The third-order valence-electron chi connectivity index (χ3n) is 3.90. The Morgan fingerprint density at radius 1 is 1.21 bits per heavy atom. The number of aromatic nitrogens is 2. The third kappa shape index (κ3) is 3.01. The van der Waals surface area contributed by atoms with E-state index in [-0.39, 0.29) is 5.91 Å². The van der Waals surface area contributed by atoms with Crippen molar-refractivity contribution in [3.8, 4) is 0 Å². The molecule has 0 aliphatic heterocycles. The third-order valence-corrected chi connectivity index (χ3v) is 4.34. The van der Waals surface area contributed by atoms with Crippen LogP contribution in [0, 0.1) is 13.8 Å². The highest BCUT2D eigenvalue weighted by Gasteiger charge is 2.18.